The van der Waals surface area contributed by atoms with Crippen molar-refractivity contribution in [3.05, 3.63) is 0 Å². The van der Waals surface area contributed by atoms with Gasteiger partial charge in [0.05, 0.1) is 5.41 Å². The molecule has 3 N–H and O–H groups in total. The molecule has 20 heavy (non-hydrogen) atoms. The lowest BCUT2D eigenvalue weighted by Gasteiger charge is -2.25. The zero-order valence-corrected chi connectivity index (χ0v) is 12.3. The molecule has 0 radical (unpaired) electrons. The van der Waals surface area contributed by atoms with Crippen molar-refractivity contribution in [1.82, 2.24) is 15.5 Å². The number of carbonyl (C=O) groups excluding carboxylic acids is 1. The lowest BCUT2D eigenvalue weighted by Crippen LogP contribution is -2.50. The standard InChI is InChI=1S/C14H25N3O3/c1-3-14(2,12(18)19)9-15-13(20)16-10-6-8-17-7-4-5-11(10)17/h10-11H,3-9H2,1-2H3,(H,18,19)(H2,15,16,20). The van der Waals surface area contributed by atoms with Crippen molar-refractivity contribution in [3.8, 4) is 0 Å². The van der Waals surface area contributed by atoms with Crippen LogP contribution < -0.4 is 10.6 Å². The van der Waals surface area contributed by atoms with E-state index in [2.05, 4.69) is 15.5 Å². The minimum Gasteiger partial charge on any atom is -0.481 e. The minimum absolute atomic E-state index is 0.158. The molecule has 0 aromatic carbocycles. The number of rotatable bonds is 5. The van der Waals surface area contributed by atoms with E-state index in [1.54, 1.807) is 6.92 Å². The molecule has 2 aliphatic heterocycles. The number of hydrogen-bond acceptors (Lipinski definition) is 3. The van der Waals surface area contributed by atoms with E-state index in [1.807, 2.05) is 6.92 Å². The van der Waals surface area contributed by atoms with Crippen molar-refractivity contribution in [2.75, 3.05) is 19.6 Å². The second-order valence-electron chi connectivity index (χ2n) is 6.19. The summed E-state index contributed by atoms with van der Waals surface area (Å²) in [5, 5.41) is 14.9. The predicted molar refractivity (Wildman–Crippen MR) is 75.6 cm³/mol. The summed E-state index contributed by atoms with van der Waals surface area (Å²) in [6.07, 6.45) is 3.83. The van der Waals surface area contributed by atoms with Gasteiger partial charge in [0.1, 0.15) is 0 Å². The molecule has 0 aromatic rings. The van der Waals surface area contributed by atoms with Gasteiger partial charge in [-0.3, -0.25) is 9.69 Å². The van der Waals surface area contributed by atoms with Crippen LogP contribution in [0.15, 0.2) is 0 Å². The van der Waals surface area contributed by atoms with Crippen molar-refractivity contribution in [3.63, 3.8) is 0 Å². The summed E-state index contributed by atoms with van der Waals surface area (Å²) in [6.45, 7) is 5.82. The van der Waals surface area contributed by atoms with Crippen LogP contribution in [0.25, 0.3) is 0 Å². The van der Waals surface area contributed by atoms with Gasteiger partial charge in [-0.25, -0.2) is 4.79 Å². The fourth-order valence-corrected chi connectivity index (χ4v) is 3.10. The maximum atomic E-state index is 11.9. The minimum atomic E-state index is -0.896. The highest BCUT2D eigenvalue weighted by Crippen LogP contribution is 2.27. The average molecular weight is 283 g/mol. The van der Waals surface area contributed by atoms with Crippen LogP contribution >= 0.6 is 0 Å². The molecule has 114 valence electrons. The van der Waals surface area contributed by atoms with E-state index in [0.29, 0.717) is 12.5 Å². The molecule has 0 aromatic heterocycles. The first-order valence-corrected chi connectivity index (χ1v) is 7.48. The Hall–Kier alpha value is -1.30. The summed E-state index contributed by atoms with van der Waals surface area (Å²) in [5.74, 6) is -0.872. The molecule has 2 aliphatic rings. The van der Waals surface area contributed by atoms with Gasteiger partial charge >= 0.3 is 12.0 Å². The van der Waals surface area contributed by atoms with Gasteiger partial charge in [0.15, 0.2) is 0 Å². The SMILES string of the molecule is CCC(C)(CNC(=O)NC1CCN2CCCC12)C(=O)O. The van der Waals surface area contributed by atoms with Crippen LogP contribution in [0.2, 0.25) is 0 Å². The van der Waals surface area contributed by atoms with Crippen LogP contribution in [0.4, 0.5) is 4.79 Å². The second-order valence-corrected chi connectivity index (χ2v) is 6.19. The number of urea groups is 1. The highest BCUT2D eigenvalue weighted by molar-refractivity contribution is 5.78. The average Bonchev–Trinajstić information content (AvgIpc) is 3.01. The van der Waals surface area contributed by atoms with Crippen LogP contribution in [-0.2, 0) is 4.79 Å². The lowest BCUT2D eigenvalue weighted by molar-refractivity contribution is -0.147. The quantitative estimate of drug-likeness (QED) is 0.703. The van der Waals surface area contributed by atoms with E-state index in [1.165, 1.54) is 6.42 Å². The summed E-state index contributed by atoms with van der Waals surface area (Å²) < 4.78 is 0. The van der Waals surface area contributed by atoms with Gasteiger partial charge in [0.25, 0.3) is 0 Å². The Labute approximate surface area is 119 Å². The zero-order valence-electron chi connectivity index (χ0n) is 12.3. The Morgan fingerprint density at radius 3 is 2.75 bits per heavy atom. The maximum Gasteiger partial charge on any atom is 0.315 e. The monoisotopic (exact) mass is 283 g/mol. The molecule has 2 saturated heterocycles. The van der Waals surface area contributed by atoms with E-state index >= 15 is 0 Å². The number of nitrogens with zero attached hydrogens (tertiary/aromatic N) is 1. The highest BCUT2D eigenvalue weighted by atomic mass is 16.4. The fraction of sp³-hybridized carbons (Fsp3) is 0.857. The molecule has 2 amide bonds. The second kappa shape index (κ2) is 5.99. The van der Waals surface area contributed by atoms with Crippen molar-refractivity contribution in [2.45, 2.75) is 51.6 Å². The van der Waals surface area contributed by atoms with Crippen LogP contribution in [0, 0.1) is 5.41 Å². The van der Waals surface area contributed by atoms with Crippen molar-refractivity contribution in [1.29, 1.82) is 0 Å². The summed E-state index contributed by atoms with van der Waals surface area (Å²) >= 11 is 0. The molecule has 0 spiro atoms. The number of aliphatic carboxylic acids is 1. The molecule has 0 saturated carbocycles. The molecular weight excluding hydrogens is 258 g/mol. The zero-order chi connectivity index (χ0) is 14.8. The van der Waals surface area contributed by atoms with Gasteiger partial charge in [-0.2, -0.15) is 0 Å². The molecule has 6 nitrogen and oxygen atoms in total. The third-order valence-corrected chi connectivity index (χ3v) is 4.86. The normalized spacial score (nSPS) is 28.7. The van der Waals surface area contributed by atoms with Crippen LogP contribution in [0.1, 0.15) is 39.5 Å². The van der Waals surface area contributed by atoms with Crippen LogP contribution in [0.5, 0.6) is 0 Å². The fourth-order valence-electron chi connectivity index (χ4n) is 3.10. The van der Waals surface area contributed by atoms with Gasteiger partial charge in [-0.15, -0.1) is 0 Å². The third-order valence-electron chi connectivity index (χ3n) is 4.86. The van der Waals surface area contributed by atoms with E-state index in [0.717, 1.165) is 25.9 Å². The first-order chi connectivity index (χ1) is 9.46. The number of carbonyl (C=O) groups is 2. The largest absolute Gasteiger partial charge is 0.481 e. The van der Waals surface area contributed by atoms with Gasteiger partial charge in [-0.05, 0) is 39.2 Å². The van der Waals surface area contributed by atoms with E-state index in [4.69, 9.17) is 0 Å². The predicted octanol–water partition coefficient (Wildman–Crippen LogP) is 1.02. The number of nitrogens with one attached hydrogen (secondary N) is 2. The molecule has 2 heterocycles. The lowest BCUT2D eigenvalue weighted by atomic mass is 9.88. The van der Waals surface area contributed by atoms with Crippen LogP contribution in [-0.4, -0.2) is 53.7 Å². The molecule has 0 aliphatic carbocycles. The molecule has 2 rings (SSSR count). The smallest absolute Gasteiger partial charge is 0.315 e. The first-order valence-electron chi connectivity index (χ1n) is 7.48. The Morgan fingerprint density at radius 2 is 2.10 bits per heavy atom. The third kappa shape index (κ3) is 3.06. The number of carboxylic acid groups (broad SMARTS) is 1. The molecule has 6 heteroatoms. The molecule has 0 bridgehead atoms. The Morgan fingerprint density at radius 1 is 1.35 bits per heavy atom. The molecule has 3 unspecified atom stereocenters. The Kier molecular flexibility index (Phi) is 4.52. The van der Waals surface area contributed by atoms with Gasteiger partial charge in [0, 0.05) is 25.2 Å². The van der Waals surface area contributed by atoms with E-state index in [-0.39, 0.29) is 18.6 Å². The van der Waals surface area contributed by atoms with Gasteiger partial charge in [-0.1, -0.05) is 6.92 Å². The van der Waals surface area contributed by atoms with E-state index < -0.39 is 11.4 Å². The Bertz CT molecular complexity index is 388. The first kappa shape index (κ1) is 15.1. The van der Waals surface area contributed by atoms with Crippen LogP contribution in [0.3, 0.4) is 0 Å². The maximum absolute atomic E-state index is 11.9. The number of carboxylic acids is 1. The molecular formula is C14H25N3O3. The van der Waals surface area contributed by atoms with Gasteiger partial charge in [0.2, 0.25) is 0 Å². The summed E-state index contributed by atoms with van der Waals surface area (Å²) in [6, 6.07) is 0.428. The highest BCUT2D eigenvalue weighted by Gasteiger charge is 2.38. The number of hydrogen-bond donors (Lipinski definition) is 3. The van der Waals surface area contributed by atoms with Crippen molar-refractivity contribution < 1.29 is 14.7 Å². The Balaban J connectivity index is 1.80. The molecule has 2 fully saturated rings. The summed E-state index contributed by atoms with van der Waals surface area (Å²) in [4.78, 5) is 25.5. The summed E-state index contributed by atoms with van der Waals surface area (Å²) in [5.41, 5.74) is -0.896. The topological polar surface area (TPSA) is 81.7 Å². The van der Waals surface area contributed by atoms with Crippen molar-refractivity contribution in [2.24, 2.45) is 5.41 Å². The van der Waals surface area contributed by atoms with Gasteiger partial charge < -0.3 is 15.7 Å². The van der Waals surface area contributed by atoms with Crippen molar-refractivity contribution >= 4 is 12.0 Å². The van der Waals surface area contributed by atoms with E-state index in [9.17, 15) is 14.7 Å². The molecule has 3 atom stereocenters. The number of fused-ring (bicyclic) bond motifs is 1. The number of amides is 2. The summed E-state index contributed by atoms with van der Waals surface area (Å²) in [7, 11) is 0.